The number of nitrogens with zero attached hydrogens (tertiary/aromatic N) is 2. The maximum absolute atomic E-state index is 12.6. The van der Waals surface area contributed by atoms with Gasteiger partial charge in [-0.1, -0.05) is 54.2 Å². The minimum Gasteiger partial charge on any atom is -0.330 e. The van der Waals surface area contributed by atoms with Crippen LogP contribution in [-0.4, -0.2) is 10.8 Å². The van der Waals surface area contributed by atoms with Crippen molar-refractivity contribution >= 4 is 23.2 Å². The van der Waals surface area contributed by atoms with Gasteiger partial charge in [-0.2, -0.15) is 0 Å². The van der Waals surface area contributed by atoms with E-state index in [0.717, 1.165) is 17.3 Å². The van der Waals surface area contributed by atoms with Gasteiger partial charge >= 0.3 is 0 Å². The van der Waals surface area contributed by atoms with Gasteiger partial charge in [0.15, 0.2) is 5.78 Å². The molecule has 0 unspecified atom stereocenters. The van der Waals surface area contributed by atoms with E-state index in [1.807, 2.05) is 30.3 Å². The number of thioether (sulfide) groups is 1. The predicted molar refractivity (Wildman–Crippen MR) is 102 cm³/mol. The minimum absolute atomic E-state index is 0.00392. The molecule has 0 saturated heterocycles. The Balaban J connectivity index is 1.69. The molecule has 25 heavy (non-hydrogen) atoms. The van der Waals surface area contributed by atoms with Crippen LogP contribution in [0.15, 0.2) is 95.1 Å². The molecule has 0 aliphatic carbocycles. The maximum atomic E-state index is 12.6. The van der Waals surface area contributed by atoms with Gasteiger partial charge in [0, 0.05) is 35.5 Å². The quantitative estimate of drug-likeness (QED) is 0.497. The van der Waals surface area contributed by atoms with Crippen molar-refractivity contribution in [2.75, 3.05) is 4.90 Å². The molecule has 0 bridgehead atoms. The van der Waals surface area contributed by atoms with Gasteiger partial charge in [-0.25, -0.2) is 0 Å². The summed E-state index contributed by atoms with van der Waals surface area (Å²) in [5.74, 6) is -0.00392. The molecule has 0 saturated carbocycles. The Morgan fingerprint density at radius 3 is 2.48 bits per heavy atom. The summed E-state index contributed by atoms with van der Waals surface area (Å²) >= 11 is 1.64. The number of carbonyl (C=O) groups is 1. The molecule has 3 nitrogen and oxygen atoms in total. The van der Waals surface area contributed by atoms with E-state index in [-0.39, 0.29) is 5.78 Å². The van der Waals surface area contributed by atoms with Crippen LogP contribution in [0.5, 0.6) is 0 Å². The van der Waals surface area contributed by atoms with Crippen LogP contribution in [-0.2, 0) is 6.54 Å². The number of carbonyl (C=O) groups excluding carboxylic acids is 1. The number of allylic oxidation sites excluding steroid dienone is 1. The van der Waals surface area contributed by atoms with E-state index in [1.54, 1.807) is 42.4 Å². The Morgan fingerprint density at radius 1 is 0.960 bits per heavy atom. The summed E-state index contributed by atoms with van der Waals surface area (Å²) in [6, 6.07) is 22.0. The SMILES string of the molecule is O=C(/C=C1\Sc2ccccc2N1Cc1ccccc1)c1ccncc1. The predicted octanol–water partition coefficient (Wildman–Crippen LogP) is 4.92. The number of ketones is 1. The highest BCUT2D eigenvalue weighted by Gasteiger charge is 2.25. The van der Waals surface area contributed by atoms with Crippen molar-refractivity contribution in [3.05, 3.63) is 101 Å². The summed E-state index contributed by atoms with van der Waals surface area (Å²) in [6.45, 7) is 0.736. The van der Waals surface area contributed by atoms with Crippen molar-refractivity contribution in [2.24, 2.45) is 0 Å². The van der Waals surface area contributed by atoms with Gasteiger partial charge in [0.25, 0.3) is 0 Å². The topological polar surface area (TPSA) is 33.2 Å². The minimum atomic E-state index is -0.00392. The molecule has 0 spiro atoms. The van der Waals surface area contributed by atoms with E-state index in [1.165, 1.54) is 10.5 Å². The monoisotopic (exact) mass is 344 g/mol. The molecule has 1 aromatic heterocycles. The van der Waals surface area contributed by atoms with Gasteiger partial charge in [-0.15, -0.1) is 0 Å². The summed E-state index contributed by atoms with van der Waals surface area (Å²) in [4.78, 5) is 20.0. The van der Waals surface area contributed by atoms with Crippen LogP contribution in [0, 0.1) is 0 Å². The third-order valence-electron chi connectivity index (χ3n) is 4.04. The Morgan fingerprint density at radius 2 is 1.68 bits per heavy atom. The van der Waals surface area contributed by atoms with E-state index in [9.17, 15) is 4.79 Å². The standard InChI is InChI=1S/C21H16N2OS/c24-19(17-10-12-22-13-11-17)14-21-23(15-16-6-2-1-3-7-16)18-8-4-5-9-20(18)25-21/h1-14H,15H2/b21-14-. The molecule has 1 aliphatic heterocycles. The Labute approximate surface area is 151 Å². The zero-order valence-electron chi connectivity index (χ0n) is 13.5. The fourth-order valence-electron chi connectivity index (χ4n) is 2.80. The highest BCUT2D eigenvalue weighted by atomic mass is 32.2. The van der Waals surface area contributed by atoms with Crippen LogP contribution in [0.3, 0.4) is 0 Å². The highest BCUT2D eigenvalue weighted by Crippen LogP contribution is 2.46. The van der Waals surface area contributed by atoms with Crippen LogP contribution in [0.1, 0.15) is 15.9 Å². The Bertz CT molecular complexity index is 923. The van der Waals surface area contributed by atoms with Crippen molar-refractivity contribution in [3.8, 4) is 0 Å². The van der Waals surface area contributed by atoms with Gasteiger partial charge in [-0.05, 0) is 29.8 Å². The number of anilines is 1. The van der Waals surface area contributed by atoms with E-state index < -0.39 is 0 Å². The molecular weight excluding hydrogens is 328 g/mol. The summed E-state index contributed by atoms with van der Waals surface area (Å²) in [7, 11) is 0. The summed E-state index contributed by atoms with van der Waals surface area (Å²) in [6.07, 6.45) is 5.01. The molecule has 0 radical (unpaired) electrons. The highest BCUT2D eigenvalue weighted by molar-refractivity contribution is 8.03. The van der Waals surface area contributed by atoms with Gasteiger partial charge in [0.05, 0.1) is 10.7 Å². The molecule has 0 amide bonds. The number of aromatic nitrogens is 1. The van der Waals surface area contributed by atoms with E-state index >= 15 is 0 Å². The van der Waals surface area contributed by atoms with E-state index in [2.05, 4.69) is 34.1 Å². The van der Waals surface area contributed by atoms with Crippen molar-refractivity contribution in [1.29, 1.82) is 0 Å². The van der Waals surface area contributed by atoms with Gasteiger partial charge in [0.2, 0.25) is 0 Å². The number of hydrogen-bond donors (Lipinski definition) is 0. The summed E-state index contributed by atoms with van der Waals surface area (Å²) in [5.41, 5.74) is 3.01. The number of para-hydroxylation sites is 1. The molecule has 0 fully saturated rings. The molecule has 3 aromatic rings. The second-order valence-corrected chi connectivity index (χ2v) is 6.79. The normalized spacial score (nSPS) is 14.6. The second kappa shape index (κ2) is 6.95. The molecule has 1 aliphatic rings. The van der Waals surface area contributed by atoms with Gasteiger partial charge < -0.3 is 4.90 Å². The summed E-state index contributed by atoms with van der Waals surface area (Å²) < 4.78 is 0. The third kappa shape index (κ3) is 3.35. The van der Waals surface area contributed by atoms with Gasteiger partial charge in [-0.3, -0.25) is 9.78 Å². The number of benzene rings is 2. The third-order valence-corrected chi connectivity index (χ3v) is 5.15. The van der Waals surface area contributed by atoms with Crippen molar-refractivity contribution in [3.63, 3.8) is 0 Å². The molecule has 2 heterocycles. The fraction of sp³-hybridized carbons (Fsp3) is 0.0476. The van der Waals surface area contributed by atoms with Crippen molar-refractivity contribution in [1.82, 2.24) is 4.98 Å². The number of hydrogen-bond acceptors (Lipinski definition) is 4. The first-order valence-corrected chi connectivity index (χ1v) is 8.87. The first kappa shape index (κ1) is 15.7. The lowest BCUT2D eigenvalue weighted by Gasteiger charge is -2.20. The molecular formula is C21H16N2OS. The first-order valence-electron chi connectivity index (χ1n) is 8.06. The zero-order valence-corrected chi connectivity index (χ0v) is 14.3. The van der Waals surface area contributed by atoms with Crippen LogP contribution in [0.4, 0.5) is 5.69 Å². The van der Waals surface area contributed by atoms with Crippen LogP contribution < -0.4 is 4.90 Å². The maximum Gasteiger partial charge on any atom is 0.188 e. The zero-order chi connectivity index (χ0) is 17.1. The molecule has 2 aromatic carbocycles. The average Bonchev–Trinajstić information content (AvgIpc) is 3.00. The number of rotatable bonds is 4. The largest absolute Gasteiger partial charge is 0.330 e. The molecule has 122 valence electrons. The average molecular weight is 344 g/mol. The number of pyridine rings is 1. The molecule has 0 N–H and O–H groups in total. The molecule has 4 rings (SSSR count). The Kier molecular flexibility index (Phi) is 4.36. The Hall–Kier alpha value is -2.85. The molecule has 0 atom stereocenters. The van der Waals surface area contributed by atoms with Gasteiger partial charge in [0.1, 0.15) is 0 Å². The van der Waals surface area contributed by atoms with Crippen LogP contribution in [0.2, 0.25) is 0 Å². The lowest BCUT2D eigenvalue weighted by Crippen LogP contribution is -2.17. The van der Waals surface area contributed by atoms with Crippen LogP contribution in [0.25, 0.3) is 0 Å². The first-order chi connectivity index (χ1) is 12.3. The van der Waals surface area contributed by atoms with E-state index in [0.29, 0.717) is 5.56 Å². The second-order valence-electron chi connectivity index (χ2n) is 5.72. The van der Waals surface area contributed by atoms with Crippen LogP contribution >= 0.6 is 11.8 Å². The smallest absolute Gasteiger partial charge is 0.188 e. The number of fused-ring (bicyclic) bond motifs is 1. The van der Waals surface area contributed by atoms with E-state index in [4.69, 9.17) is 0 Å². The van der Waals surface area contributed by atoms with Crippen molar-refractivity contribution in [2.45, 2.75) is 11.4 Å². The lowest BCUT2D eigenvalue weighted by molar-refractivity contribution is 0.104. The molecule has 4 heteroatoms. The summed E-state index contributed by atoms with van der Waals surface area (Å²) in [5, 5.41) is 0.951. The van der Waals surface area contributed by atoms with Crippen molar-refractivity contribution < 1.29 is 4.79 Å². The fourth-order valence-corrected chi connectivity index (χ4v) is 3.89. The lowest BCUT2D eigenvalue weighted by atomic mass is 10.1.